The van der Waals surface area contributed by atoms with Crippen LogP contribution < -0.4 is 9.47 Å². The van der Waals surface area contributed by atoms with Crippen molar-refractivity contribution in [1.29, 1.82) is 0 Å². The average molecular weight is 418 g/mol. The van der Waals surface area contributed by atoms with Crippen LogP contribution in [0, 0.1) is 0 Å². The summed E-state index contributed by atoms with van der Waals surface area (Å²) in [5.74, 6) is 0.0216. The summed E-state index contributed by atoms with van der Waals surface area (Å²) in [4.78, 5) is 18.9. The van der Waals surface area contributed by atoms with Gasteiger partial charge in [0.05, 0.1) is 18.7 Å². The third-order valence-corrected chi connectivity index (χ3v) is 4.42. The van der Waals surface area contributed by atoms with Gasteiger partial charge in [-0.3, -0.25) is 9.79 Å². The highest BCUT2D eigenvalue weighted by Crippen LogP contribution is 2.31. The molecule has 1 aliphatic heterocycles. The van der Waals surface area contributed by atoms with Gasteiger partial charge in [0.1, 0.15) is 18.1 Å². The summed E-state index contributed by atoms with van der Waals surface area (Å²) in [6.45, 7) is 3.66. The van der Waals surface area contributed by atoms with Crippen molar-refractivity contribution in [2.24, 2.45) is 4.99 Å². The Bertz CT molecular complexity index is 938. The van der Waals surface area contributed by atoms with Gasteiger partial charge in [0, 0.05) is 12.8 Å². The molecule has 30 heavy (non-hydrogen) atoms. The fourth-order valence-electron chi connectivity index (χ4n) is 3.00. The SMILES string of the molecule is C/C=C\C=NCCN1CCOc2ccc(-c3ccc(OC(F)(F)F)cc3)cc2C1=O. The van der Waals surface area contributed by atoms with E-state index in [4.69, 9.17) is 4.74 Å². The van der Waals surface area contributed by atoms with E-state index in [0.29, 0.717) is 48.7 Å². The van der Waals surface area contributed by atoms with E-state index in [-0.39, 0.29) is 11.7 Å². The fraction of sp³-hybridized carbons (Fsp3) is 0.273. The number of aliphatic imine (C=N–C) groups is 1. The summed E-state index contributed by atoms with van der Waals surface area (Å²) in [6, 6.07) is 10.7. The van der Waals surface area contributed by atoms with E-state index >= 15 is 0 Å². The molecule has 5 nitrogen and oxygen atoms in total. The maximum Gasteiger partial charge on any atom is 0.573 e. The van der Waals surface area contributed by atoms with Crippen LogP contribution in [-0.4, -0.2) is 49.6 Å². The molecule has 158 valence electrons. The van der Waals surface area contributed by atoms with Crippen LogP contribution in [-0.2, 0) is 0 Å². The Morgan fingerprint density at radius 3 is 2.60 bits per heavy atom. The normalized spacial score (nSPS) is 14.7. The highest BCUT2D eigenvalue weighted by Gasteiger charge is 2.31. The zero-order chi connectivity index (χ0) is 21.6. The first-order valence-electron chi connectivity index (χ1n) is 9.41. The molecule has 0 bridgehead atoms. The Morgan fingerprint density at radius 2 is 1.90 bits per heavy atom. The number of alkyl halides is 3. The van der Waals surface area contributed by atoms with Gasteiger partial charge in [-0.05, 0) is 48.4 Å². The fourth-order valence-corrected chi connectivity index (χ4v) is 3.00. The summed E-state index contributed by atoms with van der Waals surface area (Å²) in [5.41, 5.74) is 1.77. The maximum absolute atomic E-state index is 13.0. The smallest absolute Gasteiger partial charge is 0.491 e. The Labute approximate surface area is 172 Å². The number of hydrogen-bond acceptors (Lipinski definition) is 4. The summed E-state index contributed by atoms with van der Waals surface area (Å²) < 4.78 is 46.6. The van der Waals surface area contributed by atoms with Gasteiger partial charge < -0.3 is 14.4 Å². The van der Waals surface area contributed by atoms with Crippen molar-refractivity contribution < 1.29 is 27.4 Å². The lowest BCUT2D eigenvalue weighted by atomic mass is 10.0. The number of ether oxygens (including phenoxy) is 2. The topological polar surface area (TPSA) is 51.1 Å². The van der Waals surface area contributed by atoms with Crippen molar-refractivity contribution in [3.05, 3.63) is 60.2 Å². The summed E-state index contributed by atoms with van der Waals surface area (Å²) in [5, 5.41) is 0. The van der Waals surface area contributed by atoms with Gasteiger partial charge in [-0.15, -0.1) is 13.2 Å². The van der Waals surface area contributed by atoms with E-state index in [1.165, 1.54) is 24.3 Å². The molecule has 2 aromatic carbocycles. The van der Waals surface area contributed by atoms with Gasteiger partial charge in [0.25, 0.3) is 5.91 Å². The number of carbonyl (C=O) groups is 1. The quantitative estimate of drug-likeness (QED) is 0.637. The molecule has 1 aliphatic rings. The molecule has 0 N–H and O–H groups in total. The Hall–Kier alpha value is -3.29. The van der Waals surface area contributed by atoms with Gasteiger partial charge in [0.2, 0.25) is 0 Å². The van der Waals surface area contributed by atoms with Crippen LogP contribution in [0.4, 0.5) is 13.2 Å². The van der Waals surface area contributed by atoms with E-state index < -0.39 is 6.36 Å². The second kappa shape index (κ2) is 9.47. The van der Waals surface area contributed by atoms with Crippen molar-refractivity contribution in [3.8, 4) is 22.6 Å². The first-order valence-corrected chi connectivity index (χ1v) is 9.41. The number of nitrogens with zero attached hydrogens (tertiary/aromatic N) is 2. The molecule has 0 saturated heterocycles. The van der Waals surface area contributed by atoms with E-state index in [2.05, 4.69) is 9.73 Å². The zero-order valence-corrected chi connectivity index (χ0v) is 16.4. The summed E-state index contributed by atoms with van der Waals surface area (Å²) in [6.07, 6.45) is 0.640. The maximum atomic E-state index is 13.0. The number of amides is 1. The second-order valence-electron chi connectivity index (χ2n) is 6.50. The number of allylic oxidation sites excluding steroid dienone is 2. The Morgan fingerprint density at radius 1 is 1.17 bits per heavy atom. The molecule has 0 aliphatic carbocycles. The Kier molecular flexibility index (Phi) is 6.76. The monoisotopic (exact) mass is 418 g/mol. The highest BCUT2D eigenvalue weighted by molar-refractivity contribution is 5.98. The van der Waals surface area contributed by atoms with Crippen LogP contribution in [0.5, 0.6) is 11.5 Å². The van der Waals surface area contributed by atoms with Gasteiger partial charge >= 0.3 is 6.36 Å². The van der Waals surface area contributed by atoms with E-state index in [9.17, 15) is 18.0 Å². The van der Waals surface area contributed by atoms with Crippen molar-refractivity contribution in [3.63, 3.8) is 0 Å². The van der Waals surface area contributed by atoms with Crippen molar-refractivity contribution in [2.75, 3.05) is 26.2 Å². The summed E-state index contributed by atoms with van der Waals surface area (Å²) in [7, 11) is 0. The van der Waals surface area contributed by atoms with Gasteiger partial charge in [0.15, 0.2) is 0 Å². The third-order valence-electron chi connectivity index (χ3n) is 4.42. The van der Waals surface area contributed by atoms with Crippen molar-refractivity contribution >= 4 is 12.1 Å². The van der Waals surface area contributed by atoms with Crippen molar-refractivity contribution in [1.82, 2.24) is 4.90 Å². The predicted octanol–water partition coefficient (Wildman–Crippen LogP) is 4.73. The molecule has 2 aromatic rings. The minimum Gasteiger partial charge on any atom is -0.491 e. The number of carbonyl (C=O) groups excluding carboxylic acids is 1. The number of rotatable bonds is 6. The van der Waals surface area contributed by atoms with Crippen molar-refractivity contribution in [2.45, 2.75) is 13.3 Å². The zero-order valence-electron chi connectivity index (χ0n) is 16.4. The lowest BCUT2D eigenvalue weighted by Crippen LogP contribution is -2.34. The van der Waals surface area contributed by atoms with Crippen LogP contribution >= 0.6 is 0 Å². The molecule has 3 rings (SSSR count). The number of benzene rings is 2. The molecule has 0 aromatic heterocycles. The minimum atomic E-state index is -4.74. The third kappa shape index (κ3) is 5.62. The first kappa shape index (κ1) is 21.4. The lowest BCUT2D eigenvalue weighted by Gasteiger charge is -2.18. The highest BCUT2D eigenvalue weighted by atomic mass is 19.4. The first-order chi connectivity index (χ1) is 14.4. The van der Waals surface area contributed by atoms with Gasteiger partial charge in [-0.25, -0.2) is 0 Å². The molecule has 8 heteroatoms. The van der Waals surface area contributed by atoms with E-state index in [1.807, 2.05) is 19.1 Å². The van der Waals surface area contributed by atoms with Gasteiger partial charge in [-0.1, -0.05) is 24.3 Å². The lowest BCUT2D eigenvalue weighted by molar-refractivity contribution is -0.274. The summed E-state index contributed by atoms with van der Waals surface area (Å²) >= 11 is 0. The molecule has 0 radical (unpaired) electrons. The molecule has 0 fully saturated rings. The van der Waals surface area contributed by atoms with Crippen LogP contribution in [0.15, 0.2) is 59.6 Å². The molecule has 0 spiro atoms. The standard InChI is InChI=1S/C22H21F3N2O3/c1-2-3-10-26-11-12-27-13-14-29-20-9-6-17(15-19(20)21(27)28)16-4-7-18(8-5-16)30-22(23,24)25/h2-10,15H,11-14H2,1H3/b3-2-,26-10?. The van der Waals surface area contributed by atoms with Crippen LogP contribution in [0.3, 0.4) is 0 Å². The molecular weight excluding hydrogens is 397 g/mol. The molecule has 0 atom stereocenters. The number of fused-ring (bicyclic) bond motifs is 1. The van der Waals surface area contributed by atoms with Crippen LogP contribution in [0.1, 0.15) is 17.3 Å². The number of hydrogen-bond donors (Lipinski definition) is 0. The van der Waals surface area contributed by atoms with Gasteiger partial charge in [-0.2, -0.15) is 0 Å². The largest absolute Gasteiger partial charge is 0.573 e. The molecule has 1 heterocycles. The molecule has 0 saturated carbocycles. The number of halogens is 3. The predicted molar refractivity (Wildman–Crippen MR) is 108 cm³/mol. The molecule has 0 unspecified atom stereocenters. The average Bonchev–Trinajstić information content (AvgIpc) is 2.86. The van der Waals surface area contributed by atoms with Crippen LogP contribution in [0.25, 0.3) is 11.1 Å². The Balaban J connectivity index is 1.78. The molecular formula is C22H21F3N2O3. The molecule has 1 amide bonds. The minimum absolute atomic E-state index is 0.164. The van der Waals surface area contributed by atoms with E-state index in [0.717, 1.165) is 0 Å². The van der Waals surface area contributed by atoms with Crippen LogP contribution in [0.2, 0.25) is 0 Å². The second-order valence-corrected chi connectivity index (χ2v) is 6.50. The van der Waals surface area contributed by atoms with E-state index in [1.54, 1.807) is 29.3 Å².